The third kappa shape index (κ3) is 1.08. The maximum atomic E-state index is 13.0. The molecule has 0 atom stereocenters. The van der Waals surface area contributed by atoms with Crippen LogP contribution in [0.2, 0.25) is 0 Å². The van der Waals surface area contributed by atoms with Crippen LogP contribution in [0.5, 0.6) is 0 Å². The van der Waals surface area contributed by atoms with E-state index in [-0.39, 0.29) is 11.5 Å². The molecule has 5 heteroatoms. The molecule has 80 valence electrons. The summed E-state index contributed by atoms with van der Waals surface area (Å²) in [5, 5.41) is 12.4. The first kappa shape index (κ1) is 9.08. The van der Waals surface area contributed by atoms with Gasteiger partial charge in [0.1, 0.15) is 5.82 Å². The number of aromatic nitrogens is 1. The van der Waals surface area contributed by atoms with Crippen molar-refractivity contribution in [3.05, 3.63) is 40.8 Å². The van der Waals surface area contributed by atoms with E-state index in [4.69, 9.17) is 9.63 Å². The largest absolute Gasteiger partial charge is 0.476 e. The molecule has 0 radical (unpaired) electrons. The van der Waals surface area contributed by atoms with Gasteiger partial charge in [-0.3, -0.25) is 0 Å². The van der Waals surface area contributed by atoms with Crippen LogP contribution in [0.15, 0.2) is 22.7 Å². The quantitative estimate of drug-likeness (QED) is 0.680. The van der Waals surface area contributed by atoms with Gasteiger partial charge < -0.3 is 9.63 Å². The van der Waals surface area contributed by atoms with E-state index in [1.807, 2.05) is 0 Å². The van der Waals surface area contributed by atoms with E-state index in [1.165, 1.54) is 12.1 Å². The summed E-state index contributed by atoms with van der Waals surface area (Å²) < 4.78 is 18.0. The van der Waals surface area contributed by atoms with Crippen LogP contribution >= 0.6 is 0 Å². The minimum atomic E-state index is -1.13. The molecule has 0 bridgehead atoms. The Morgan fingerprint density at radius 3 is 3.06 bits per heavy atom. The zero-order chi connectivity index (χ0) is 11.3. The topological polar surface area (TPSA) is 63.3 Å². The minimum Gasteiger partial charge on any atom is -0.476 e. The molecule has 4 nitrogen and oxygen atoms in total. The van der Waals surface area contributed by atoms with Crippen molar-refractivity contribution in [3.8, 4) is 11.3 Å². The summed E-state index contributed by atoms with van der Waals surface area (Å²) in [5.41, 5.74) is 1.88. The number of fused-ring (bicyclic) bond motifs is 3. The van der Waals surface area contributed by atoms with Gasteiger partial charge in [0, 0.05) is 17.5 Å². The molecule has 1 aliphatic carbocycles. The number of carbonyl (C=O) groups is 1. The van der Waals surface area contributed by atoms with Gasteiger partial charge >= 0.3 is 5.97 Å². The van der Waals surface area contributed by atoms with E-state index in [0.717, 1.165) is 11.1 Å². The van der Waals surface area contributed by atoms with Gasteiger partial charge in [-0.15, -0.1) is 0 Å². The maximum Gasteiger partial charge on any atom is 0.358 e. The predicted octanol–water partition coefficient (Wildman–Crippen LogP) is 2.08. The number of rotatable bonds is 1. The summed E-state index contributed by atoms with van der Waals surface area (Å²) in [6.45, 7) is 0. The van der Waals surface area contributed by atoms with Crippen molar-refractivity contribution in [2.24, 2.45) is 0 Å². The fourth-order valence-electron chi connectivity index (χ4n) is 1.97. The average Bonchev–Trinajstić information content (AvgIpc) is 2.74. The smallest absolute Gasteiger partial charge is 0.358 e. The second-order valence-corrected chi connectivity index (χ2v) is 3.62. The Morgan fingerprint density at radius 1 is 1.50 bits per heavy atom. The highest BCUT2D eigenvalue weighted by Gasteiger charge is 2.29. The Labute approximate surface area is 89.3 Å². The van der Waals surface area contributed by atoms with E-state index in [0.29, 0.717) is 17.7 Å². The SMILES string of the molecule is O=C(O)c1noc2c1Cc1cc(F)ccc1-2. The van der Waals surface area contributed by atoms with Gasteiger partial charge in [-0.1, -0.05) is 5.16 Å². The van der Waals surface area contributed by atoms with Crippen molar-refractivity contribution in [1.82, 2.24) is 5.16 Å². The highest BCUT2D eigenvalue weighted by molar-refractivity contribution is 5.91. The second kappa shape index (κ2) is 2.91. The van der Waals surface area contributed by atoms with Crippen molar-refractivity contribution < 1.29 is 18.8 Å². The zero-order valence-electron chi connectivity index (χ0n) is 8.03. The molecule has 0 fully saturated rings. The maximum absolute atomic E-state index is 13.0. The highest BCUT2D eigenvalue weighted by atomic mass is 19.1. The molecule has 0 spiro atoms. The molecule has 1 heterocycles. The first-order chi connectivity index (χ1) is 7.66. The summed E-state index contributed by atoms with van der Waals surface area (Å²) in [6.07, 6.45) is 0.355. The third-order valence-electron chi connectivity index (χ3n) is 2.67. The molecular formula is C11H6FNO3. The van der Waals surface area contributed by atoms with Gasteiger partial charge in [0.2, 0.25) is 0 Å². The molecule has 0 amide bonds. The number of nitrogens with zero attached hydrogens (tertiary/aromatic N) is 1. The first-order valence-corrected chi connectivity index (χ1v) is 4.67. The molecule has 0 saturated carbocycles. The summed E-state index contributed by atoms with van der Waals surface area (Å²) in [5.74, 6) is -1.03. The Balaban J connectivity index is 2.20. The minimum absolute atomic E-state index is 0.0911. The standard InChI is InChI=1S/C11H6FNO3/c12-6-1-2-7-5(3-6)4-8-9(11(14)15)13-16-10(7)8/h1-3H,4H2,(H,14,15). The molecule has 1 aromatic carbocycles. The zero-order valence-corrected chi connectivity index (χ0v) is 8.03. The number of hydrogen-bond acceptors (Lipinski definition) is 3. The van der Waals surface area contributed by atoms with Crippen molar-refractivity contribution in [2.45, 2.75) is 6.42 Å². The van der Waals surface area contributed by atoms with Crippen molar-refractivity contribution >= 4 is 5.97 Å². The molecular weight excluding hydrogens is 213 g/mol. The van der Waals surface area contributed by atoms with E-state index >= 15 is 0 Å². The van der Waals surface area contributed by atoms with Gasteiger partial charge in [-0.2, -0.15) is 0 Å². The lowest BCUT2D eigenvalue weighted by molar-refractivity contribution is 0.0685. The lowest BCUT2D eigenvalue weighted by Gasteiger charge is -1.97. The van der Waals surface area contributed by atoms with Crippen LogP contribution in [-0.2, 0) is 6.42 Å². The van der Waals surface area contributed by atoms with E-state index in [2.05, 4.69) is 5.16 Å². The Morgan fingerprint density at radius 2 is 2.31 bits per heavy atom. The summed E-state index contributed by atoms with van der Waals surface area (Å²) >= 11 is 0. The van der Waals surface area contributed by atoms with Crippen LogP contribution in [0.3, 0.4) is 0 Å². The summed E-state index contributed by atoms with van der Waals surface area (Å²) in [4.78, 5) is 10.8. The monoisotopic (exact) mass is 219 g/mol. The fourth-order valence-corrected chi connectivity index (χ4v) is 1.97. The van der Waals surface area contributed by atoms with Crippen LogP contribution in [-0.4, -0.2) is 16.2 Å². The highest BCUT2D eigenvalue weighted by Crippen LogP contribution is 2.38. The number of benzene rings is 1. The van der Waals surface area contributed by atoms with Crippen LogP contribution in [0.1, 0.15) is 21.6 Å². The normalized spacial score (nSPS) is 12.3. The van der Waals surface area contributed by atoms with Crippen LogP contribution in [0, 0.1) is 5.82 Å². The molecule has 2 aromatic rings. The third-order valence-corrected chi connectivity index (χ3v) is 2.67. The molecule has 0 unspecified atom stereocenters. The predicted molar refractivity (Wildman–Crippen MR) is 51.7 cm³/mol. The number of hydrogen-bond donors (Lipinski definition) is 1. The van der Waals surface area contributed by atoms with Crippen LogP contribution < -0.4 is 0 Å². The molecule has 1 aromatic heterocycles. The van der Waals surface area contributed by atoms with Crippen LogP contribution in [0.25, 0.3) is 11.3 Å². The molecule has 0 aliphatic heterocycles. The fraction of sp³-hybridized carbons (Fsp3) is 0.0909. The van der Waals surface area contributed by atoms with Gasteiger partial charge in [-0.05, 0) is 23.8 Å². The van der Waals surface area contributed by atoms with Gasteiger partial charge in [0.15, 0.2) is 11.5 Å². The Hall–Kier alpha value is -2.17. The Bertz CT molecular complexity index is 603. The van der Waals surface area contributed by atoms with Crippen molar-refractivity contribution in [3.63, 3.8) is 0 Å². The lowest BCUT2D eigenvalue weighted by Crippen LogP contribution is -2.00. The molecule has 3 rings (SSSR count). The molecule has 1 N–H and O–H groups in total. The number of halogens is 1. The van der Waals surface area contributed by atoms with E-state index in [9.17, 15) is 9.18 Å². The van der Waals surface area contributed by atoms with Gasteiger partial charge in [-0.25, -0.2) is 9.18 Å². The number of aromatic carboxylic acids is 1. The van der Waals surface area contributed by atoms with Crippen LogP contribution in [0.4, 0.5) is 4.39 Å². The average molecular weight is 219 g/mol. The summed E-state index contributed by atoms with van der Waals surface area (Å²) in [6, 6.07) is 4.28. The van der Waals surface area contributed by atoms with E-state index in [1.54, 1.807) is 6.07 Å². The number of carboxylic acids is 1. The lowest BCUT2D eigenvalue weighted by atomic mass is 10.1. The van der Waals surface area contributed by atoms with E-state index < -0.39 is 5.97 Å². The molecule has 0 saturated heterocycles. The molecule has 1 aliphatic rings. The first-order valence-electron chi connectivity index (χ1n) is 4.67. The van der Waals surface area contributed by atoms with Gasteiger partial charge in [0.05, 0.1) is 0 Å². The van der Waals surface area contributed by atoms with Gasteiger partial charge in [0.25, 0.3) is 0 Å². The second-order valence-electron chi connectivity index (χ2n) is 3.62. The summed E-state index contributed by atoms with van der Waals surface area (Å²) in [7, 11) is 0. The number of carboxylic acid groups (broad SMARTS) is 1. The Kier molecular flexibility index (Phi) is 1.65. The molecule has 16 heavy (non-hydrogen) atoms. The van der Waals surface area contributed by atoms with Crippen molar-refractivity contribution in [1.29, 1.82) is 0 Å². The van der Waals surface area contributed by atoms with Crippen molar-refractivity contribution in [2.75, 3.05) is 0 Å².